The van der Waals surface area contributed by atoms with Gasteiger partial charge in [-0.3, -0.25) is 4.79 Å². The van der Waals surface area contributed by atoms with Crippen LogP contribution in [0.2, 0.25) is 0 Å². The lowest BCUT2D eigenvalue weighted by molar-refractivity contribution is -0.120. The van der Waals surface area contributed by atoms with Crippen LogP contribution in [0.15, 0.2) is 65.1 Å². The summed E-state index contributed by atoms with van der Waals surface area (Å²) < 4.78 is 7.14. The molecule has 0 saturated carbocycles. The van der Waals surface area contributed by atoms with E-state index in [-0.39, 0.29) is 17.6 Å². The summed E-state index contributed by atoms with van der Waals surface area (Å²) in [7, 11) is 0. The second-order valence-corrected chi connectivity index (χ2v) is 10.3. The number of rotatable bonds is 7. The molecule has 6 heteroatoms. The molecule has 3 N–H and O–H groups in total. The molecule has 0 bridgehead atoms. The zero-order chi connectivity index (χ0) is 23.6. The van der Waals surface area contributed by atoms with E-state index in [1.165, 1.54) is 6.92 Å². The highest BCUT2D eigenvalue weighted by Crippen LogP contribution is 2.40. The lowest BCUT2D eigenvalue weighted by Gasteiger charge is -2.38. The minimum Gasteiger partial charge on any atom is -0.487 e. The molecule has 0 fully saturated rings. The molecule has 1 aliphatic heterocycles. The van der Waals surface area contributed by atoms with Gasteiger partial charge in [0.2, 0.25) is 5.91 Å². The van der Waals surface area contributed by atoms with E-state index in [1.807, 2.05) is 30.3 Å². The molecule has 0 aliphatic carbocycles. The van der Waals surface area contributed by atoms with Gasteiger partial charge in [0, 0.05) is 36.0 Å². The van der Waals surface area contributed by atoms with E-state index in [9.17, 15) is 9.90 Å². The second kappa shape index (κ2) is 9.84. The number of benzene rings is 3. The first-order valence-corrected chi connectivity index (χ1v) is 12.1. The fraction of sp³-hybridized carbons (Fsp3) is 0.370. The van der Waals surface area contributed by atoms with Crippen molar-refractivity contribution >= 4 is 32.6 Å². The van der Waals surface area contributed by atoms with Crippen LogP contribution in [0.1, 0.15) is 44.4 Å². The Morgan fingerprint density at radius 1 is 1.18 bits per heavy atom. The van der Waals surface area contributed by atoms with Crippen LogP contribution >= 0.6 is 15.9 Å². The second-order valence-electron chi connectivity index (χ2n) is 9.43. The Labute approximate surface area is 203 Å². The zero-order valence-electron chi connectivity index (χ0n) is 19.3. The Morgan fingerprint density at radius 3 is 2.73 bits per heavy atom. The first-order valence-electron chi connectivity index (χ1n) is 11.4. The van der Waals surface area contributed by atoms with Gasteiger partial charge in [-0.25, -0.2) is 0 Å². The molecule has 33 heavy (non-hydrogen) atoms. The number of hydrogen-bond acceptors (Lipinski definition) is 4. The number of carbonyl (C=O) groups is 1. The van der Waals surface area contributed by atoms with Gasteiger partial charge in [0.05, 0.1) is 12.1 Å². The van der Waals surface area contributed by atoms with Gasteiger partial charge < -0.3 is 20.5 Å². The summed E-state index contributed by atoms with van der Waals surface area (Å²) in [6, 6.07) is 20.0. The minimum atomic E-state index is -0.755. The molecule has 3 atom stereocenters. The van der Waals surface area contributed by atoms with E-state index in [2.05, 4.69) is 70.7 Å². The number of amides is 1. The molecule has 0 unspecified atom stereocenters. The molecule has 0 radical (unpaired) electrons. The smallest absolute Gasteiger partial charge is 0.217 e. The topological polar surface area (TPSA) is 70.6 Å². The maximum Gasteiger partial charge on any atom is 0.217 e. The van der Waals surface area contributed by atoms with Crippen LogP contribution in [0.4, 0.5) is 0 Å². The third kappa shape index (κ3) is 5.75. The van der Waals surface area contributed by atoms with E-state index in [0.717, 1.165) is 38.5 Å². The van der Waals surface area contributed by atoms with E-state index in [4.69, 9.17) is 4.74 Å². The van der Waals surface area contributed by atoms with E-state index >= 15 is 0 Å². The Morgan fingerprint density at radius 2 is 1.94 bits per heavy atom. The maximum absolute atomic E-state index is 11.9. The number of carbonyl (C=O) groups excluding carboxylic acids is 1. The lowest BCUT2D eigenvalue weighted by atomic mass is 9.89. The Bertz CT molecular complexity index is 1140. The highest BCUT2D eigenvalue weighted by Gasteiger charge is 2.34. The Kier molecular flexibility index (Phi) is 7.07. The molecule has 4 rings (SSSR count). The maximum atomic E-state index is 11.9. The van der Waals surface area contributed by atoms with E-state index in [1.54, 1.807) is 0 Å². The van der Waals surface area contributed by atoms with Gasteiger partial charge >= 0.3 is 0 Å². The first-order chi connectivity index (χ1) is 15.7. The zero-order valence-corrected chi connectivity index (χ0v) is 20.9. The number of nitrogens with one attached hydrogen (secondary N) is 2. The molecular weight excluding hydrogens is 480 g/mol. The van der Waals surface area contributed by atoms with E-state index < -0.39 is 12.1 Å². The van der Waals surface area contributed by atoms with Crippen LogP contribution in [0.5, 0.6) is 5.75 Å². The quantitative estimate of drug-likeness (QED) is 0.422. The predicted octanol–water partition coefficient (Wildman–Crippen LogP) is 4.90. The van der Waals surface area contributed by atoms with Crippen molar-refractivity contribution in [2.45, 2.75) is 57.4 Å². The average Bonchev–Trinajstić information content (AvgIpc) is 2.76. The van der Waals surface area contributed by atoms with Crippen molar-refractivity contribution in [1.82, 2.24) is 10.6 Å². The van der Waals surface area contributed by atoms with Crippen LogP contribution in [0, 0.1) is 0 Å². The molecule has 0 saturated heterocycles. The van der Waals surface area contributed by atoms with Crippen LogP contribution in [0.25, 0.3) is 10.8 Å². The predicted molar refractivity (Wildman–Crippen MR) is 135 cm³/mol. The number of ether oxygens (including phenoxy) is 1. The highest BCUT2D eigenvalue weighted by atomic mass is 79.9. The fourth-order valence-corrected chi connectivity index (χ4v) is 5.04. The molecule has 3 aromatic carbocycles. The molecule has 174 valence electrons. The fourth-order valence-electron chi connectivity index (χ4n) is 4.66. The van der Waals surface area contributed by atoms with Crippen molar-refractivity contribution in [3.05, 3.63) is 76.3 Å². The molecule has 0 aromatic heterocycles. The van der Waals surface area contributed by atoms with Crippen molar-refractivity contribution in [3.63, 3.8) is 0 Å². The summed E-state index contributed by atoms with van der Waals surface area (Å²) >= 11 is 3.55. The first kappa shape index (κ1) is 23.7. The lowest BCUT2D eigenvalue weighted by Crippen LogP contribution is -2.49. The summed E-state index contributed by atoms with van der Waals surface area (Å²) in [5.74, 6) is 0.705. The molecule has 3 aromatic rings. The van der Waals surface area contributed by atoms with Crippen molar-refractivity contribution in [3.8, 4) is 5.75 Å². The summed E-state index contributed by atoms with van der Waals surface area (Å²) in [5, 5.41) is 19.9. The average molecular weight is 511 g/mol. The van der Waals surface area contributed by atoms with Crippen molar-refractivity contribution < 1.29 is 14.6 Å². The van der Waals surface area contributed by atoms with Gasteiger partial charge in [-0.05, 0) is 54.8 Å². The number of fused-ring (bicyclic) bond motifs is 2. The molecular formula is C27H31BrN2O3. The van der Waals surface area contributed by atoms with Crippen LogP contribution in [0.3, 0.4) is 0 Å². The SMILES string of the molecule is CC(=O)N[C@@H](Cc1cccc2ccccc12)[C@@H](O)CN[C@H]1CC(C)(C)Oc2ccc(Br)cc21. The highest BCUT2D eigenvalue weighted by molar-refractivity contribution is 9.10. The van der Waals surface area contributed by atoms with Crippen molar-refractivity contribution in [2.75, 3.05) is 6.54 Å². The standard InChI is InChI=1S/C27H31BrN2O3/c1-17(31)30-23(13-19-9-6-8-18-7-4-5-10-21(18)19)25(32)16-29-24-15-27(2,3)33-26-12-11-20(28)14-22(24)26/h4-12,14,23-25,29,32H,13,15-16H2,1-3H3,(H,30,31)/t23-,24-,25-/m0/s1. The summed E-state index contributed by atoms with van der Waals surface area (Å²) in [5.41, 5.74) is 1.86. The summed E-state index contributed by atoms with van der Waals surface area (Å²) in [4.78, 5) is 11.9. The Hall–Kier alpha value is -2.41. The Balaban J connectivity index is 1.52. The normalized spacial score (nSPS) is 18.8. The van der Waals surface area contributed by atoms with Crippen LogP contribution < -0.4 is 15.4 Å². The molecule has 1 aliphatic rings. The summed E-state index contributed by atoms with van der Waals surface area (Å²) in [6.07, 6.45) is 0.567. The van der Waals surface area contributed by atoms with Gasteiger partial charge in [0.1, 0.15) is 11.4 Å². The van der Waals surface area contributed by atoms with Gasteiger partial charge in [0.15, 0.2) is 0 Å². The van der Waals surface area contributed by atoms with E-state index in [0.29, 0.717) is 13.0 Å². The largest absolute Gasteiger partial charge is 0.487 e. The summed E-state index contributed by atoms with van der Waals surface area (Å²) in [6.45, 7) is 5.99. The number of hydrogen-bond donors (Lipinski definition) is 3. The number of halogens is 1. The minimum absolute atomic E-state index is 0.0337. The van der Waals surface area contributed by atoms with Crippen molar-refractivity contribution in [2.24, 2.45) is 0 Å². The van der Waals surface area contributed by atoms with Crippen LogP contribution in [-0.2, 0) is 11.2 Å². The number of aliphatic hydroxyl groups is 1. The third-order valence-corrected chi connectivity index (χ3v) is 6.67. The van der Waals surface area contributed by atoms with Gasteiger partial charge in [0.25, 0.3) is 0 Å². The molecule has 1 amide bonds. The number of aliphatic hydroxyl groups excluding tert-OH is 1. The van der Waals surface area contributed by atoms with Gasteiger partial charge in [-0.1, -0.05) is 58.4 Å². The molecule has 5 nitrogen and oxygen atoms in total. The van der Waals surface area contributed by atoms with Gasteiger partial charge in [-0.15, -0.1) is 0 Å². The monoisotopic (exact) mass is 510 g/mol. The van der Waals surface area contributed by atoms with Crippen LogP contribution in [-0.4, -0.2) is 35.3 Å². The van der Waals surface area contributed by atoms with Crippen molar-refractivity contribution in [1.29, 1.82) is 0 Å². The third-order valence-electron chi connectivity index (χ3n) is 6.18. The van der Waals surface area contributed by atoms with Gasteiger partial charge in [-0.2, -0.15) is 0 Å². The molecule has 0 spiro atoms. The molecule has 1 heterocycles.